The zero-order valence-corrected chi connectivity index (χ0v) is 12.5. The zero-order valence-electron chi connectivity index (χ0n) is 9.38. The van der Waals surface area contributed by atoms with Gasteiger partial charge in [-0.3, -0.25) is 4.79 Å². The summed E-state index contributed by atoms with van der Waals surface area (Å²) < 4.78 is 13.8. The van der Waals surface area contributed by atoms with E-state index in [9.17, 15) is 9.18 Å². The maximum atomic E-state index is 13.0. The molecule has 0 radical (unpaired) electrons. The number of halogens is 4. The monoisotopic (exact) mass is 361 g/mol. The molecule has 98 valence electrons. The lowest BCUT2D eigenvalue weighted by atomic mass is 10.2. The topological polar surface area (TPSA) is 29.1 Å². The second-order valence-corrected chi connectivity index (χ2v) is 5.44. The first-order valence-corrected chi connectivity index (χ1v) is 6.74. The maximum absolute atomic E-state index is 13.0. The molecule has 0 aliphatic heterocycles. The molecular formula is C13H7BrCl2FNO. The van der Waals surface area contributed by atoms with Gasteiger partial charge in [0.05, 0.1) is 15.7 Å². The van der Waals surface area contributed by atoms with Crippen LogP contribution in [0, 0.1) is 5.82 Å². The molecule has 0 saturated carbocycles. The van der Waals surface area contributed by atoms with Gasteiger partial charge >= 0.3 is 0 Å². The summed E-state index contributed by atoms with van der Waals surface area (Å²) in [6.07, 6.45) is 0. The Hall–Kier alpha value is -1.10. The predicted octanol–water partition coefficient (Wildman–Crippen LogP) is 5.15. The summed E-state index contributed by atoms with van der Waals surface area (Å²) in [6, 6.07) is 9.00. The van der Waals surface area contributed by atoms with Crippen LogP contribution < -0.4 is 5.32 Å². The van der Waals surface area contributed by atoms with Crippen molar-refractivity contribution in [3.8, 4) is 0 Å². The van der Waals surface area contributed by atoms with Crippen molar-refractivity contribution >= 4 is 50.7 Å². The van der Waals surface area contributed by atoms with Crippen LogP contribution >= 0.6 is 39.1 Å². The molecule has 0 fully saturated rings. The van der Waals surface area contributed by atoms with Gasteiger partial charge in [0.2, 0.25) is 0 Å². The number of rotatable bonds is 2. The standard InChI is InChI=1S/C13H7BrCl2FNO/c14-8-3-1-2-7(4-8)13(19)18-12-10(15)5-9(17)6-11(12)16/h1-6H,(H,18,19). The van der Waals surface area contributed by atoms with Crippen molar-refractivity contribution in [2.75, 3.05) is 5.32 Å². The van der Waals surface area contributed by atoms with E-state index < -0.39 is 5.82 Å². The fraction of sp³-hybridized carbons (Fsp3) is 0. The SMILES string of the molecule is O=C(Nc1c(Cl)cc(F)cc1Cl)c1cccc(Br)c1. The highest BCUT2D eigenvalue weighted by atomic mass is 79.9. The summed E-state index contributed by atoms with van der Waals surface area (Å²) in [5, 5.41) is 2.66. The Kier molecular flexibility index (Phi) is 4.45. The van der Waals surface area contributed by atoms with E-state index in [2.05, 4.69) is 21.2 Å². The zero-order chi connectivity index (χ0) is 14.0. The minimum absolute atomic E-state index is 0.0494. The van der Waals surface area contributed by atoms with Gasteiger partial charge in [-0.15, -0.1) is 0 Å². The molecule has 2 aromatic rings. The van der Waals surface area contributed by atoms with E-state index in [1.54, 1.807) is 24.3 Å². The number of hydrogen-bond acceptors (Lipinski definition) is 1. The third-order valence-corrected chi connectivity index (χ3v) is 3.42. The van der Waals surface area contributed by atoms with Crippen molar-refractivity contribution in [1.29, 1.82) is 0 Å². The van der Waals surface area contributed by atoms with E-state index >= 15 is 0 Å². The summed E-state index contributed by atoms with van der Waals surface area (Å²) in [7, 11) is 0. The van der Waals surface area contributed by atoms with Crippen LogP contribution in [-0.4, -0.2) is 5.91 Å². The van der Waals surface area contributed by atoms with Gasteiger partial charge in [-0.25, -0.2) is 4.39 Å². The van der Waals surface area contributed by atoms with Crippen LogP contribution in [0.4, 0.5) is 10.1 Å². The minimum atomic E-state index is -0.560. The van der Waals surface area contributed by atoms with Crippen molar-refractivity contribution in [3.05, 3.63) is 62.3 Å². The molecule has 0 saturated heterocycles. The second-order valence-electron chi connectivity index (χ2n) is 3.71. The molecular weight excluding hydrogens is 356 g/mol. The molecule has 2 aromatic carbocycles. The van der Waals surface area contributed by atoms with Crippen LogP contribution in [0.15, 0.2) is 40.9 Å². The first-order chi connectivity index (χ1) is 8.97. The Morgan fingerprint density at radius 2 is 1.79 bits per heavy atom. The van der Waals surface area contributed by atoms with Gasteiger partial charge in [0.15, 0.2) is 0 Å². The molecule has 2 rings (SSSR count). The smallest absolute Gasteiger partial charge is 0.255 e. The Balaban J connectivity index is 2.29. The Labute approximate surface area is 127 Å². The van der Waals surface area contributed by atoms with Crippen molar-refractivity contribution in [2.24, 2.45) is 0 Å². The molecule has 0 spiro atoms. The van der Waals surface area contributed by atoms with Crippen LogP contribution in [0.1, 0.15) is 10.4 Å². The first-order valence-electron chi connectivity index (χ1n) is 5.19. The second kappa shape index (κ2) is 5.90. The fourth-order valence-corrected chi connectivity index (χ4v) is 2.43. The van der Waals surface area contributed by atoms with Gasteiger partial charge in [0, 0.05) is 10.0 Å². The van der Waals surface area contributed by atoms with E-state index in [1.165, 1.54) is 0 Å². The summed E-state index contributed by atoms with van der Waals surface area (Å²) in [5.41, 5.74) is 0.626. The highest BCUT2D eigenvalue weighted by Gasteiger charge is 2.13. The molecule has 0 aromatic heterocycles. The van der Waals surface area contributed by atoms with Crippen molar-refractivity contribution < 1.29 is 9.18 Å². The quantitative estimate of drug-likeness (QED) is 0.786. The molecule has 19 heavy (non-hydrogen) atoms. The van der Waals surface area contributed by atoms with Gasteiger partial charge in [-0.1, -0.05) is 45.2 Å². The lowest BCUT2D eigenvalue weighted by Crippen LogP contribution is -2.12. The molecule has 6 heteroatoms. The molecule has 0 bridgehead atoms. The maximum Gasteiger partial charge on any atom is 0.255 e. The summed E-state index contributed by atoms with van der Waals surface area (Å²) in [5.74, 6) is -0.938. The average Bonchev–Trinajstić information content (AvgIpc) is 2.33. The normalized spacial score (nSPS) is 10.3. The summed E-state index contributed by atoms with van der Waals surface area (Å²) >= 11 is 15.0. The van der Waals surface area contributed by atoms with E-state index in [0.717, 1.165) is 16.6 Å². The molecule has 0 unspecified atom stereocenters. The number of carbonyl (C=O) groups is 1. The lowest BCUT2D eigenvalue weighted by Gasteiger charge is -2.09. The third-order valence-electron chi connectivity index (χ3n) is 2.33. The van der Waals surface area contributed by atoms with Gasteiger partial charge < -0.3 is 5.32 Å². The van der Waals surface area contributed by atoms with E-state index in [0.29, 0.717) is 5.56 Å². The number of carbonyl (C=O) groups excluding carboxylic acids is 1. The molecule has 0 aliphatic carbocycles. The molecule has 0 heterocycles. The molecule has 0 aliphatic rings. The third kappa shape index (κ3) is 3.47. The van der Waals surface area contributed by atoms with Crippen LogP contribution in [0.25, 0.3) is 0 Å². The summed E-state index contributed by atoms with van der Waals surface area (Å²) in [4.78, 5) is 12.0. The fourth-order valence-electron chi connectivity index (χ4n) is 1.48. The molecule has 1 N–H and O–H groups in total. The largest absolute Gasteiger partial charge is 0.319 e. The van der Waals surface area contributed by atoms with Crippen molar-refractivity contribution in [2.45, 2.75) is 0 Å². The van der Waals surface area contributed by atoms with E-state index in [4.69, 9.17) is 23.2 Å². The number of amides is 1. The van der Waals surface area contributed by atoms with Crippen LogP contribution in [0.3, 0.4) is 0 Å². The summed E-state index contributed by atoms with van der Waals surface area (Å²) in [6.45, 7) is 0. The van der Waals surface area contributed by atoms with Gasteiger partial charge in [-0.05, 0) is 30.3 Å². The average molecular weight is 363 g/mol. The van der Waals surface area contributed by atoms with Crippen LogP contribution in [-0.2, 0) is 0 Å². The van der Waals surface area contributed by atoms with Crippen molar-refractivity contribution in [3.63, 3.8) is 0 Å². The molecule has 2 nitrogen and oxygen atoms in total. The number of benzene rings is 2. The number of hydrogen-bond donors (Lipinski definition) is 1. The Morgan fingerprint density at radius 1 is 1.16 bits per heavy atom. The van der Waals surface area contributed by atoms with E-state index in [1.807, 2.05) is 0 Å². The lowest BCUT2D eigenvalue weighted by molar-refractivity contribution is 0.102. The van der Waals surface area contributed by atoms with Crippen LogP contribution in [0.2, 0.25) is 10.0 Å². The van der Waals surface area contributed by atoms with E-state index in [-0.39, 0.29) is 21.6 Å². The predicted molar refractivity (Wildman–Crippen MR) is 78.5 cm³/mol. The first kappa shape index (κ1) is 14.3. The van der Waals surface area contributed by atoms with Crippen molar-refractivity contribution in [1.82, 2.24) is 0 Å². The Morgan fingerprint density at radius 3 is 2.37 bits per heavy atom. The highest BCUT2D eigenvalue weighted by molar-refractivity contribution is 9.10. The number of nitrogens with one attached hydrogen (secondary N) is 1. The van der Waals surface area contributed by atoms with Gasteiger partial charge in [0.25, 0.3) is 5.91 Å². The highest BCUT2D eigenvalue weighted by Crippen LogP contribution is 2.31. The van der Waals surface area contributed by atoms with Crippen LogP contribution in [0.5, 0.6) is 0 Å². The minimum Gasteiger partial charge on any atom is -0.319 e. The Bertz CT molecular complexity index is 625. The van der Waals surface area contributed by atoms with Gasteiger partial charge in [0.1, 0.15) is 5.82 Å². The van der Waals surface area contributed by atoms with Gasteiger partial charge in [-0.2, -0.15) is 0 Å². The molecule has 0 atom stereocenters. The number of anilines is 1. The molecule has 1 amide bonds.